The van der Waals surface area contributed by atoms with Crippen LogP contribution < -0.4 is 4.90 Å². The molecule has 0 fully saturated rings. The Morgan fingerprint density at radius 2 is 2.18 bits per heavy atom. The van der Waals surface area contributed by atoms with E-state index in [9.17, 15) is 4.79 Å². The normalized spacial score (nSPS) is 10.8. The van der Waals surface area contributed by atoms with Gasteiger partial charge in [-0.15, -0.1) is 10.2 Å². The summed E-state index contributed by atoms with van der Waals surface area (Å²) in [6.45, 7) is 7.55. The number of carboxylic acids is 1. The van der Waals surface area contributed by atoms with Crippen molar-refractivity contribution >= 4 is 22.4 Å². The van der Waals surface area contributed by atoms with Crippen molar-refractivity contribution in [2.75, 3.05) is 18.0 Å². The summed E-state index contributed by atoms with van der Waals surface area (Å²) in [5, 5.41) is 18.7. The van der Waals surface area contributed by atoms with Crippen molar-refractivity contribution in [2.24, 2.45) is 5.92 Å². The molecule has 0 aliphatic carbocycles. The molecule has 0 radical (unpaired) electrons. The van der Waals surface area contributed by atoms with Gasteiger partial charge in [-0.05, 0) is 12.3 Å². The average molecular weight is 257 g/mol. The van der Waals surface area contributed by atoms with Crippen LogP contribution in [0, 0.1) is 5.92 Å². The summed E-state index contributed by atoms with van der Waals surface area (Å²) in [6, 6.07) is 0. The molecule has 0 aliphatic heterocycles. The monoisotopic (exact) mass is 257 g/mol. The number of aromatic nitrogens is 2. The van der Waals surface area contributed by atoms with E-state index in [0.29, 0.717) is 12.5 Å². The molecule has 0 amide bonds. The van der Waals surface area contributed by atoms with E-state index in [-0.39, 0.29) is 6.42 Å². The van der Waals surface area contributed by atoms with Gasteiger partial charge in [0.15, 0.2) is 0 Å². The molecular weight excluding hydrogens is 238 g/mol. The van der Waals surface area contributed by atoms with Crippen LogP contribution in [0.4, 0.5) is 5.13 Å². The molecule has 5 nitrogen and oxygen atoms in total. The smallest absolute Gasteiger partial charge is 0.305 e. The van der Waals surface area contributed by atoms with Gasteiger partial charge in [0.2, 0.25) is 5.13 Å². The Morgan fingerprint density at radius 1 is 1.47 bits per heavy atom. The van der Waals surface area contributed by atoms with Gasteiger partial charge in [-0.3, -0.25) is 4.79 Å². The fourth-order valence-corrected chi connectivity index (χ4v) is 2.27. The van der Waals surface area contributed by atoms with Crippen molar-refractivity contribution in [1.82, 2.24) is 10.2 Å². The standard InChI is InChI=1S/C11H19N3O2S/c1-4-9-12-13-11(17-9)14(7-8(2)3)6-5-10(15)16/h8H,4-7H2,1-3H3,(H,15,16). The van der Waals surface area contributed by atoms with Gasteiger partial charge in [-0.2, -0.15) is 0 Å². The van der Waals surface area contributed by atoms with Crippen LogP contribution in [-0.4, -0.2) is 34.4 Å². The summed E-state index contributed by atoms with van der Waals surface area (Å²) in [7, 11) is 0. The molecule has 0 saturated heterocycles. The maximum atomic E-state index is 10.6. The van der Waals surface area contributed by atoms with Gasteiger partial charge >= 0.3 is 5.97 Å². The molecule has 17 heavy (non-hydrogen) atoms. The zero-order chi connectivity index (χ0) is 12.8. The first-order chi connectivity index (χ1) is 8.02. The van der Waals surface area contributed by atoms with Crippen molar-refractivity contribution in [2.45, 2.75) is 33.6 Å². The first-order valence-electron chi connectivity index (χ1n) is 5.82. The molecule has 96 valence electrons. The summed E-state index contributed by atoms with van der Waals surface area (Å²) in [4.78, 5) is 12.6. The van der Waals surface area contributed by atoms with Crippen LogP contribution in [0.25, 0.3) is 0 Å². The Hall–Kier alpha value is -1.17. The lowest BCUT2D eigenvalue weighted by molar-refractivity contribution is -0.136. The van der Waals surface area contributed by atoms with Crippen molar-refractivity contribution in [1.29, 1.82) is 0 Å². The number of rotatable bonds is 7. The molecule has 0 spiro atoms. The second kappa shape index (κ2) is 6.54. The van der Waals surface area contributed by atoms with Gasteiger partial charge in [-0.25, -0.2) is 0 Å². The van der Waals surface area contributed by atoms with Gasteiger partial charge in [0.1, 0.15) is 5.01 Å². The lowest BCUT2D eigenvalue weighted by Crippen LogP contribution is -2.29. The van der Waals surface area contributed by atoms with Crippen LogP contribution in [0.1, 0.15) is 32.2 Å². The topological polar surface area (TPSA) is 66.3 Å². The lowest BCUT2D eigenvalue weighted by Gasteiger charge is -2.22. The highest BCUT2D eigenvalue weighted by Crippen LogP contribution is 2.21. The summed E-state index contributed by atoms with van der Waals surface area (Å²) < 4.78 is 0. The lowest BCUT2D eigenvalue weighted by atomic mass is 10.2. The minimum Gasteiger partial charge on any atom is -0.481 e. The third-order valence-corrected chi connectivity index (χ3v) is 3.34. The molecule has 1 aromatic rings. The second-order valence-electron chi connectivity index (χ2n) is 4.32. The van der Waals surface area contributed by atoms with E-state index in [1.807, 2.05) is 11.8 Å². The first-order valence-corrected chi connectivity index (χ1v) is 6.63. The zero-order valence-electron chi connectivity index (χ0n) is 10.5. The Kier molecular flexibility index (Phi) is 5.34. The van der Waals surface area contributed by atoms with Crippen LogP contribution in [0.5, 0.6) is 0 Å². The van der Waals surface area contributed by atoms with Crippen LogP contribution in [0.2, 0.25) is 0 Å². The summed E-state index contributed by atoms with van der Waals surface area (Å²) in [6.07, 6.45) is 1.000. The van der Waals surface area contributed by atoms with E-state index in [2.05, 4.69) is 24.0 Å². The largest absolute Gasteiger partial charge is 0.481 e. The summed E-state index contributed by atoms with van der Waals surface area (Å²) >= 11 is 1.55. The van der Waals surface area contributed by atoms with E-state index in [1.165, 1.54) is 0 Å². The third-order valence-electron chi connectivity index (χ3n) is 2.21. The van der Waals surface area contributed by atoms with E-state index < -0.39 is 5.97 Å². The minimum absolute atomic E-state index is 0.133. The quantitative estimate of drug-likeness (QED) is 0.809. The first kappa shape index (κ1) is 13.9. The molecule has 0 aliphatic rings. The molecule has 0 atom stereocenters. The highest BCUT2D eigenvalue weighted by molar-refractivity contribution is 7.15. The van der Waals surface area contributed by atoms with Crippen LogP contribution >= 0.6 is 11.3 Å². The highest BCUT2D eigenvalue weighted by atomic mass is 32.1. The maximum absolute atomic E-state index is 10.6. The predicted molar refractivity (Wildman–Crippen MR) is 68.6 cm³/mol. The van der Waals surface area contributed by atoms with E-state index >= 15 is 0 Å². The Labute approximate surface area is 105 Å². The van der Waals surface area contributed by atoms with E-state index in [0.717, 1.165) is 23.1 Å². The Bertz CT molecular complexity index is 365. The van der Waals surface area contributed by atoms with Crippen LogP contribution in [0.3, 0.4) is 0 Å². The van der Waals surface area contributed by atoms with Crippen molar-refractivity contribution in [3.8, 4) is 0 Å². The summed E-state index contributed by atoms with van der Waals surface area (Å²) in [5.41, 5.74) is 0. The molecule has 0 unspecified atom stereocenters. The molecule has 6 heteroatoms. The number of nitrogens with zero attached hydrogens (tertiary/aromatic N) is 3. The molecule has 1 rings (SSSR count). The van der Waals surface area contributed by atoms with Crippen molar-refractivity contribution < 1.29 is 9.90 Å². The number of aliphatic carboxylic acids is 1. The number of carbonyl (C=O) groups is 1. The number of aryl methyl sites for hydroxylation is 1. The zero-order valence-corrected chi connectivity index (χ0v) is 11.3. The Balaban J connectivity index is 2.70. The van der Waals surface area contributed by atoms with Crippen molar-refractivity contribution in [3.63, 3.8) is 0 Å². The van der Waals surface area contributed by atoms with Gasteiger partial charge < -0.3 is 10.0 Å². The molecule has 1 N–H and O–H groups in total. The predicted octanol–water partition coefficient (Wildman–Crippen LogP) is 2.04. The number of carboxylic acid groups (broad SMARTS) is 1. The molecule has 1 heterocycles. The molecule has 1 aromatic heterocycles. The third kappa shape index (κ3) is 4.68. The van der Waals surface area contributed by atoms with Gasteiger partial charge in [-0.1, -0.05) is 32.1 Å². The van der Waals surface area contributed by atoms with Gasteiger partial charge in [0.25, 0.3) is 0 Å². The molecule has 0 aromatic carbocycles. The minimum atomic E-state index is -0.779. The Morgan fingerprint density at radius 3 is 2.65 bits per heavy atom. The van der Waals surface area contributed by atoms with Crippen molar-refractivity contribution in [3.05, 3.63) is 5.01 Å². The molecule has 0 bridgehead atoms. The SMILES string of the molecule is CCc1nnc(N(CCC(=O)O)CC(C)C)s1. The van der Waals surface area contributed by atoms with E-state index in [4.69, 9.17) is 5.11 Å². The fourth-order valence-electron chi connectivity index (χ4n) is 1.45. The maximum Gasteiger partial charge on any atom is 0.305 e. The van der Waals surface area contributed by atoms with Gasteiger partial charge in [0.05, 0.1) is 6.42 Å². The number of hydrogen-bond acceptors (Lipinski definition) is 5. The molecule has 0 saturated carbocycles. The average Bonchev–Trinajstić information content (AvgIpc) is 2.71. The number of anilines is 1. The van der Waals surface area contributed by atoms with E-state index in [1.54, 1.807) is 11.3 Å². The molecular formula is C11H19N3O2S. The van der Waals surface area contributed by atoms with Gasteiger partial charge in [0, 0.05) is 13.1 Å². The van der Waals surface area contributed by atoms with Crippen LogP contribution in [-0.2, 0) is 11.2 Å². The van der Waals surface area contributed by atoms with Crippen LogP contribution in [0.15, 0.2) is 0 Å². The number of hydrogen-bond donors (Lipinski definition) is 1. The highest BCUT2D eigenvalue weighted by Gasteiger charge is 2.14. The second-order valence-corrected chi connectivity index (χ2v) is 5.36. The summed E-state index contributed by atoms with van der Waals surface area (Å²) in [5.74, 6) is -0.309. The fraction of sp³-hybridized carbons (Fsp3) is 0.727.